The average molecular weight is 958 g/mol. The van der Waals surface area contributed by atoms with Gasteiger partial charge in [0.25, 0.3) is 0 Å². The molecule has 0 fully saturated rings. The molecule has 1 atom stereocenters. The van der Waals surface area contributed by atoms with Crippen LogP contribution < -0.4 is 4.90 Å². The number of methoxy groups -OCH3 is 1. The highest BCUT2D eigenvalue weighted by Crippen LogP contribution is 2.54. The van der Waals surface area contributed by atoms with Crippen LogP contribution in [0.4, 0.5) is 11.4 Å². The Morgan fingerprint density at radius 3 is 1.81 bits per heavy atom. The Kier molecular flexibility index (Phi) is 13.3. The molecule has 1 unspecified atom stereocenters. The molecule has 17 nitrogen and oxygen atoms in total. The van der Waals surface area contributed by atoms with E-state index in [0.717, 1.165) is 12.1 Å². The zero-order valence-electron chi connectivity index (χ0n) is 35.4. The lowest BCUT2D eigenvalue weighted by Crippen LogP contribution is -2.30. The second kappa shape index (κ2) is 17.5. The maximum atomic E-state index is 12.5. The second-order valence-corrected chi connectivity index (χ2v) is 21.7. The molecule has 1 N–H and O–H groups in total. The number of carboxylic acid groups (broad SMARTS) is 1. The molecule has 0 bridgehead atoms. The number of rotatable bonds is 17. The van der Waals surface area contributed by atoms with Crippen molar-refractivity contribution in [2.24, 2.45) is 0 Å². The first-order valence-corrected chi connectivity index (χ1v) is 25.6. The molecule has 0 radical (unpaired) electrons. The van der Waals surface area contributed by atoms with Crippen LogP contribution in [0.25, 0.3) is 21.5 Å². The Balaban J connectivity index is 1.48. The van der Waals surface area contributed by atoms with Crippen LogP contribution in [-0.4, -0.2) is 100 Å². The molecule has 0 saturated heterocycles. The summed E-state index contributed by atoms with van der Waals surface area (Å²) in [6.45, 7) is 8.32. The summed E-state index contributed by atoms with van der Waals surface area (Å²) in [5.74, 6) is -0.941. The van der Waals surface area contributed by atoms with Gasteiger partial charge in [-0.25, -0.2) is 33.7 Å². The van der Waals surface area contributed by atoms with Gasteiger partial charge in [-0.15, -0.1) is 0 Å². The molecule has 64 heavy (non-hydrogen) atoms. The van der Waals surface area contributed by atoms with Crippen LogP contribution in [0.2, 0.25) is 0 Å². The monoisotopic (exact) mass is 957 g/mol. The minimum absolute atomic E-state index is 0.0351. The zero-order valence-corrected chi connectivity index (χ0v) is 38.6. The van der Waals surface area contributed by atoms with Gasteiger partial charge < -0.3 is 33.0 Å². The van der Waals surface area contributed by atoms with E-state index in [1.807, 2.05) is 43.2 Å². The lowest BCUT2D eigenvalue weighted by molar-refractivity contribution is -0.433. The van der Waals surface area contributed by atoms with E-state index in [2.05, 4.69) is 0 Å². The lowest BCUT2D eigenvalue weighted by atomic mass is 9.76. The molecular formula is C43H45N2O15S4-3. The third-order valence-corrected chi connectivity index (χ3v) is 15.3. The number of hydrogen-bond donors (Lipinski definition) is 1. The van der Waals surface area contributed by atoms with Crippen molar-refractivity contribution in [2.75, 3.05) is 31.7 Å². The molecule has 0 aliphatic carbocycles. The fraction of sp³-hybridized carbons (Fsp3) is 0.349. The van der Waals surface area contributed by atoms with Crippen molar-refractivity contribution in [1.29, 1.82) is 0 Å². The van der Waals surface area contributed by atoms with E-state index >= 15 is 0 Å². The molecule has 2 aliphatic rings. The molecule has 2 aliphatic heterocycles. The van der Waals surface area contributed by atoms with E-state index in [4.69, 9.17) is 4.74 Å². The smallest absolute Gasteiger partial charge is 0.303 e. The number of anilines is 1. The molecule has 0 spiro atoms. The third kappa shape index (κ3) is 9.18. The van der Waals surface area contributed by atoms with E-state index in [0.29, 0.717) is 78.4 Å². The van der Waals surface area contributed by atoms with Gasteiger partial charge in [0, 0.05) is 66.6 Å². The normalized spacial score (nSPS) is 18.6. The molecule has 0 amide bonds. The fourth-order valence-corrected chi connectivity index (χ4v) is 11.7. The Bertz CT molecular complexity index is 3190. The van der Waals surface area contributed by atoms with Crippen LogP contribution in [0.3, 0.4) is 0 Å². The lowest BCUT2D eigenvalue weighted by Gasteiger charge is -2.31. The average Bonchev–Trinajstić information content (AvgIpc) is 3.56. The number of carbonyl (C=O) groups is 1. The number of aliphatic carboxylic acids is 1. The summed E-state index contributed by atoms with van der Waals surface area (Å²) >= 11 is 0. The Morgan fingerprint density at radius 2 is 1.30 bits per heavy atom. The summed E-state index contributed by atoms with van der Waals surface area (Å²) in [6, 6.07) is 9.35. The van der Waals surface area contributed by atoms with Crippen molar-refractivity contribution in [1.82, 2.24) is 0 Å². The van der Waals surface area contributed by atoms with Gasteiger partial charge in [-0.2, -0.15) is 4.58 Å². The predicted molar refractivity (Wildman–Crippen MR) is 232 cm³/mol. The van der Waals surface area contributed by atoms with E-state index < -0.39 is 76.9 Å². The van der Waals surface area contributed by atoms with E-state index in [-0.39, 0.29) is 41.0 Å². The van der Waals surface area contributed by atoms with Crippen molar-refractivity contribution < 1.29 is 71.1 Å². The van der Waals surface area contributed by atoms with Gasteiger partial charge in [0.2, 0.25) is 5.69 Å². The SMILES string of the molecule is CC[N+]1=C(/C=C/C=C/C=C2/N(CCCCCC(=O)O)c3ccc4c(S(=O)(=O)[O-])cc(S(=O)(=O)[O-])cc4c3C2(C)CCOC)C(C)(C)c2c1ccc1c(S(=O)(=O)[O-])cc(S(=O)(=O)[O-])cc21. The van der Waals surface area contributed by atoms with Gasteiger partial charge in [0.15, 0.2) is 5.71 Å². The van der Waals surface area contributed by atoms with Crippen molar-refractivity contribution in [3.05, 3.63) is 95.7 Å². The number of benzene rings is 4. The van der Waals surface area contributed by atoms with Gasteiger partial charge in [-0.1, -0.05) is 30.7 Å². The Morgan fingerprint density at radius 1 is 0.734 bits per heavy atom. The number of nitrogens with zero attached hydrogens (tertiary/aromatic N) is 2. The van der Waals surface area contributed by atoms with Crippen LogP contribution >= 0.6 is 0 Å². The highest BCUT2D eigenvalue weighted by Gasteiger charge is 2.46. The molecule has 344 valence electrons. The molecular weight excluding hydrogens is 913 g/mol. The molecule has 4 aromatic carbocycles. The largest absolute Gasteiger partial charge is 0.744 e. The van der Waals surface area contributed by atoms with Crippen molar-refractivity contribution in [2.45, 2.75) is 90.2 Å². The van der Waals surface area contributed by atoms with Gasteiger partial charge in [0.05, 0.1) is 25.0 Å². The molecule has 0 saturated carbocycles. The van der Waals surface area contributed by atoms with Crippen molar-refractivity contribution in [3.63, 3.8) is 0 Å². The van der Waals surface area contributed by atoms with E-state index in [1.165, 1.54) is 19.2 Å². The van der Waals surface area contributed by atoms with Crippen molar-refractivity contribution >= 4 is 85.1 Å². The number of allylic oxidation sites excluding steroid dienone is 6. The third-order valence-electron chi connectivity index (χ3n) is 11.9. The van der Waals surface area contributed by atoms with Crippen LogP contribution in [0.15, 0.2) is 104 Å². The molecule has 21 heteroatoms. The first kappa shape index (κ1) is 48.6. The minimum atomic E-state index is -5.28. The van der Waals surface area contributed by atoms with Crippen LogP contribution in [-0.2, 0) is 60.8 Å². The summed E-state index contributed by atoms with van der Waals surface area (Å²) in [7, 11) is -19.4. The Hall–Kier alpha value is -4.84. The number of ether oxygens (including phenoxy) is 1. The molecule has 6 rings (SSSR count). The van der Waals surface area contributed by atoms with Gasteiger partial charge in [-0.3, -0.25) is 4.79 Å². The summed E-state index contributed by atoms with van der Waals surface area (Å²) < 4.78 is 155. The summed E-state index contributed by atoms with van der Waals surface area (Å²) in [5.41, 5.74) is 1.48. The predicted octanol–water partition coefficient (Wildman–Crippen LogP) is 5.46. The summed E-state index contributed by atoms with van der Waals surface area (Å²) in [6.07, 6.45) is 10.5. The van der Waals surface area contributed by atoms with E-state index in [9.17, 15) is 61.8 Å². The standard InChI is InChI=1S/C43H48N2O15S4/c1-6-44-33-18-16-29-31(23-27(61(48,49)50)25-35(29)63(54,55)56)40(33)42(2,3)37(44)13-9-7-10-14-38-43(4,20-22-60-5)41-32-24-28(62(51,52)53)26-36(64(57,58)59)30(32)17-19-34(41)45(38)21-12-8-11-15-39(46)47/h7,9-10,13-14,16-19,23-26H,6,8,11-12,15,20-22H2,1-5H3,(H4-,46,47,48,49,50,51,52,53,54,55,56,57,58,59)/p-3. The highest BCUT2D eigenvalue weighted by molar-refractivity contribution is 7.87. The Labute approximate surface area is 372 Å². The van der Waals surface area contributed by atoms with Gasteiger partial charge in [-0.05, 0) is 111 Å². The first-order chi connectivity index (χ1) is 29.7. The van der Waals surface area contributed by atoms with Crippen LogP contribution in [0.5, 0.6) is 0 Å². The number of fused-ring (bicyclic) bond motifs is 6. The van der Waals surface area contributed by atoms with Gasteiger partial charge >= 0.3 is 5.97 Å². The van der Waals surface area contributed by atoms with Crippen molar-refractivity contribution in [3.8, 4) is 0 Å². The fourth-order valence-electron chi connectivity index (χ4n) is 9.06. The number of carboxylic acids is 1. The summed E-state index contributed by atoms with van der Waals surface area (Å²) in [4.78, 5) is 9.73. The molecule has 2 heterocycles. The zero-order chi connectivity index (χ0) is 47.4. The van der Waals surface area contributed by atoms with Gasteiger partial charge in [0.1, 0.15) is 47.0 Å². The topological polar surface area (TPSA) is 282 Å². The van der Waals surface area contributed by atoms with E-state index in [1.54, 1.807) is 36.4 Å². The molecule has 4 aromatic rings. The number of unbranched alkanes of at least 4 members (excludes halogenated alkanes) is 2. The summed E-state index contributed by atoms with van der Waals surface area (Å²) in [5, 5.41) is 9.27. The maximum absolute atomic E-state index is 12.5. The maximum Gasteiger partial charge on any atom is 0.303 e. The quantitative estimate of drug-likeness (QED) is 0.0595. The minimum Gasteiger partial charge on any atom is -0.744 e. The number of hydrogen-bond acceptors (Lipinski definition) is 15. The second-order valence-electron chi connectivity index (χ2n) is 16.3. The molecule has 0 aromatic heterocycles. The van der Waals surface area contributed by atoms with Crippen LogP contribution in [0, 0.1) is 0 Å². The van der Waals surface area contributed by atoms with Crippen LogP contribution in [0.1, 0.15) is 70.9 Å². The first-order valence-electron chi connectivity index (χ1n) is 19.9. The highest BCUT2D eigenvalue weighted by atomic mass is 32.2.